The molecule has 2 aromatic rings. The van der Waals surface area contributed by atoms with Crippen LogP contribution in [0.3, 0.4) is 0 Å². The normalized spacial score (nSPS) is 16.8. The van der Waals surface area contributed by atoms with Gasteiger partial charge in [-0.2, -0.15) is 0 Å². The maximum Gasteiger partial charge on any atom is 0.256 e. The summed E-state index contributed by atoms with van der Waals surface area (Å²) >= 11 is 3.32. The van der Waals surface area contributed by atoms with Gasteiger partial charge in [-0.15, -0.1) is 0 Å². The van der Waals surface area contributed by atoms with Crippen molar-refractivity contribution in [2.75, 3.05) is 6.54 Å². The standard InChI is InChI=1S/C18H15BrF2N2O2/c19-11-6-14-16(22-8-11)3-4-23(18(14)24)9-10-5-12(20)7-15(21)17(10)25-13-1-2-13/h5-8,13H,1-4,9H2. The number of aromatic nitrogens is 1. The van der Waals surface area contributed by atoms with Crippen LogP contribution < -0.4 is 4.74 Å². The molecule has 1 fully saturated rings. The molecule has 0 bridgehead atoms. The Bertz CT molecular complexity index is 855. The Morgan fingerprint density at radius 2 is 2.08 bits per heavy atom. The summed E-state index contributed by atoms with van der Waals surface area (Å²) in [5.41, 5.74) is 1.61. The molecule has 0 atom stereocenters. The van der Waals surface area contributed by atoms with Gasteiger partial charge in [-0.3, -0.25) is 9.78 Å². The van der Waals surface area contributed by atoms with Gasteiger partial charge in [0.25, 0.3) is 5.91 Å². The van der Waals surface area contributed by atoms with Crippen LogP contribution in [0.5, 0.6) is 5.75 Å². The summed E-state index contributed by atoms with van der Waals surface area (Å²) in [7, 11) is 0. The van der Waals surface area contributed by atoms with E-state index in [4.69, 9.17) is 4.74 Å². The molecular weight excluding hydrogens is 394 g/mol. The predicted octanol–water partition coefficient (Wildman–Crippen LogP) is 3.86. The molecule has 4 nitrogen and oxygen atoms in total. The lowest BCUT2D eigenvalue weighted by molar-refractivity contribution is 0.0722. The number of ether oxygens (including phenoxy) is 1. The van der Waals surface area contributed by atoms with Crippen LogP contribution in [0.4, 0.5) is 8.78 Å². The second-order valence-corrected chi connectivity index (χ2v) is 7.23. The van der Waals surface area contributed by atoms with Gasteiger partial charge in [0.15, 0.2) is 11.6 Å². The van der Waals surface area contributed by atoms with Crippen LogP contribution in [0.2, 0.25) is 0 Å². The number of carbonyl (C=O) groups excluding carboxylic acids is 1. The molecular formula is C18H15BrF2N2O2. The van der Waals surface area contributed by atoms with Crippen LogP contribution >= 0.6 is 15.9 Å². The maximum absolute atomic E-state index is 14.2. The van der Waals surface area contributed by atoms with Gasteiger partial charge >= 0.3 is 0 Å². The highest BCUT2D eigenvalue weighted by atomic mass is 79.9. The summed E-state index contributed by atoms with van der Waals surface area (Å²) in [6, 6.07) is 3.78. The van der Waals surface area contributed by atoms with Crippen molar-refractivity contribution in [3.05, 3.63) is 57.3 Å². The average Bonchev–Trinajstić information content (AvgIpc) is 3.38. The molecule has 1 aromatic carbocycles. The number of hydrogen-bond acceptors (Lipinski definition) is 3. The van der Waals surface area contributed by atoms with Gasteiger partial charge in [0.2, 0.25) is 0 Å². The SMILES string of the molecule is O=C1c2cc(Br)cnc2CCN1Cc1cc(F)cc(F)c1OC1CC1. The Morgan fingerprint density at radius 3 is 2.84 bits per heavy atom. The number of fused-ring (bicyclic) bond motifs is 1. The van der Waals surface area contributed by atoms with E-state index in [1.54, 1.807) is 17.2 Å². The molecule has 0 radical (unpaired) electrons. The first-order chi connectivity index (χ1) is 12.0. The molecule has 25 heavy (non-hydrogen) atoms. The minimum Gasteiger partial charge on any atom is -0.487 e. The molecule has 0 unspecified atom stereocenters. The second kappa shape index (κ2) is 6.37. The van der Waals surface area contributed by atoms with Crippen LogP contribution in [0.25, 0.3) is 0 Å². The van der Waals surface area contributed by atoms with E-state index in [-0.39, 0.29) is 24.3 Å². The van der Waals surface area contributed by atoms with Gasteiger partial charge < -0.3 is 9.64 Å². The van der Waals surface area contributed by atoms with Crippen molar-refractivity contribution in [3.8, 4) is 5.75 Å². The van der Waals surface area contributed by atoms with Crippen molar-refractivity contribution in [1.82, 2.24) is 9.88 Å². The Balaban J connectivity index is 1.63. The number of rotatable bonds is 4. The quantitative estimate of drug-likeness (QED) is 0.771. The second-order valence-electron chi connectivity index (χ2n) is 6.32. The third-order valence-electron chi connectivity index (χ3n) is 4.33. The molecule has 1 aliphatic carbocycles. The van der Waals surface area contributed by atoms with Gasteiger partial charge in [0, 0.05) is 41.8 Å². The molecule has 4 rings (SSSR count). The lowest BCUT2D eigenvalue weighted by atomic mass is 10.0. The number of carbonyl (C=O) groups is 1. The van der Waals surface area contributed by atoms with E-state index in [2.05, 4.69) is 20.9 Å². The first-order valence-corrected chi connectivity index (χ1v) is 8.89. The summed E-state index contributed by atoms with van der Waals surface area (Å²) in [4.78, 5) is 18.6. The van der Waals surface area contributed by atoms with E-state index in [0.717, 1.165) is 29.1 Å². The Labute approximate surface area is 151 Å². The van der Waals surface area contributed by atoms with E-state index in [9.17, 15) is 13.6 Å². The summed E-state index contributed by atoms with van der Waals surface area (Å²) < 4.78 is 34.2. The highest BCUT2D eigenvalue weighted by Gasteiger charge is 2.30. The summed E-state index contributed by atoms with van der Waals surface area (Å²) in [6.45, 7) is 0.545. The summed E-state index contributed by atoms with van der Waals surface area (Å²) in [6.07, 6.45) is 3.98. The predicted molar refractivity (Wildman–Crippen MR) is 90.4 cm³/mol. The topological polar surface area (TPSA) is 42.4 Å². The third kappa shape index (κ3) is 3.38. The molecule has 0 saturated heterocycles. The monoisotopic (exact) mass is 408 g/mol. The molecule has 130 valence electrons. The zero-order chi connectivity index (χ0) is 17.6. The molecule has 2 heterocycles. The van der Waals surface area contributed by atoms with E-state index in [1.165, 1.54) is 6.07 Å². The molecule has 1 aromatic heterocycles. The van der Waals surface area contributed by atoms with Crippen molar-refractivity contribution < 1.29 is 18.3 Å². The van der Waals surface area contributed by atoms with Gasteiger partial charge in [-0.25, -0.2) is 8.78 Å². The maximum atomic E-state index is 14.2. The zero-order valence-corrected chi connectivity index (χ0v) is 14.9. The van der Waals surface area contributed by atoms with Crippen molar-refractivity contribution in [2.45, 2.75) is 31.9 Å². The van der Waals surface area contributed by atoms with Gasteiger partial charge in [0.05, 0.1) is 17.4 Å². The zero-order valence-electron chi connectivity index (χ0n) is 13.3. The molecule has 2 aliphatic rings. The van der Waals surface area contributed by atoms with E-state index in [0.29, 0.717) is 24.1 Å². The van der Waals surface area contributed by atoms with Crippen molar-refractivity contribution in [2.24, 2.45) is 0 Å². The van der Waals surface area contributed by atoms with Gasteiger partial charge in [-0.1, -0.05) is 0 Å². The van der Waals surface area contributed by atoms with Crippen LogP contribution in [-0.4, -0.2) is 28.4 Å². The molecule has 0 N–H and O–H groups in total. The fourth-order valence-corrected chi connectivity index (χ4v) is 3.27. The van der Waals surface area contributed by atoms with Crippen molar-refractivity contribution in [1.29, 1.82) is 0 Å². The Morgan fingerprint density at radius 1 is 1.28 bits per heavy atom. The number of amides is 1. The van der Waals surface area contributed by atoms with Crippen LogP contribution in [0, 0.1) is 11.6 Å². The van der Waals surface area contributed by atoms with E-state index in [1.807, 2.05) is 0 Å². The third-order valence-corrected chi connectivity index (χ3v) is 4.76. The van der Waals surface area contributed by atoms with Gasteiger partial charge in [0.1, 0.15) is 5.82 Å². The minimum absolute atomic E-state index is 0.0170. The van der Waals surface area contributed by atoms with Crippen LogP contribution in [-0.2, 0) is 13.0 Å². The van der Waals surface area contributed by atoms with E-state index >= 15 is 0 Å². The molecule has 1 amide bonds. The molecule has 7 heteroatoms. The minimum atomic E-state index is -0.726. The summed E-state index contributed by atoms with van der Waals surface area (Å²) in [5.74, 6) is -1.55. The first kappa shape index (κ1) is 16.4. The number of benzene rings is 1. The van der Waals surface area contributed by atoms with Crippen LogP contribution in [0.1, 0.15) is 34.5 Å². The largest absolute Gasteiger partial charge is 0.487 e. The number of nitrogens with zero attached hydrogens (tertiary/aromatic N) is 2. The molecule has 1 aliphatic heterocycles. The smallest absolute Gasteiger partial charge is 0.256 e. The fourth-order valence-electron chi connectivity index (χ4n) is 2.94. The highest BCUT2D eigenvalue weighted by Crippen LogP contribution is 2.33. The number of pyridine rings is 1. The van der Waals surface area contributed by atoms with E-state index < -0.39 is 11.6 Å². The summed E-state index contributed by atoms with van der Waals surface area (Å²) in [5, 5.41) is 0. The Kier molecular flexibility index (Phi) is 4.19. The van der Waals surface area contributed by atoms with Crippen LogP contribution in [0.15, 0.2) is 28.9 Å². The average molecular weight is 409 g/mol. The number of hydrogen-bond donors (Lipinski definition) is 0. The molecule has 0 spiro atoms. The molecule has 1 saturated carbocycles. The van der Waals surface area contributed by atoms with Crippen molar-refractivity contribution in [3.63, 3.8) is 0 Å². The Hall–Kier alpha value is -2.02. The lowest BCUT2D eigenvalue weighted by Crippen LogP contribution is -2.37. The first-order valence-electron chi connectivity index (χ1n) is 8.09. The fraction of sp³-hybridized carbons (Fsp3) is 0.333. The lowest BCUT2D eigenvalue weighted by Gasteiger charge is -2.28. The van der Waals surface area contributed by atoms with Gasteiger partial charge in [-0.05, 0) is 40.9 Å². The highest BCUT2D eigenvalue weighted by molar-refractivity contribution is 9.10. The van der Waals surface area contributed by atoms with Crippen molar-refractivity contribution >= 4 is 21.8 Å². The number of halogens is 3.